The maximum Gasteiger partial charge on any atom is 0.307 e. The zero-order valence-electron chi connectivity index (χ0n) is 10.8. The maximum atomic E-state index is 11.9. The summed E-state index contributed by atoms with van der Waals surface area (Å²) < 4.78 is 0. The molecule has 3 unspecified atom stereocenters. The Morgan fingerprint density at radius 2 is 2.12 bits per heavy atom. The number of nitrogens with zero attached hydrogens (tertiary/aromatic N) is 1. The largest absolute Gasteiger partial charge is 0.481 e. The van der Waals surface area contributed by atoms with Gasteiger partial charge in [0.15, 0.2) is 0 Å². The van der Waals surface area contributed by atoms with Crippen molar-refractivity contribution >= 4 is 11.9 Å². The van der Waals surface area contributed by atoms with E-state index in [-0.39, 0.29) is 23.9 Å². The highest BCUT2D eigenvalue weighted by molar-refractivity contribution is 5.81. The lowest BCUT2D eigenvalue weighted by atomic mass is 10.1. The van der Waals surface area contributed by atoms with Gasteiger partial charge >= 0.3 is 5.97 Å². The van der Waals surface area contributed by atoms with Gasteiger partial charge < -0.3 is 10.4 Å². The fourth-order valence-electron chi connectivity index (χ4n) is 1.97. The number of rotatable bonds is 5. The number of aliphatic carboxylic acids is 1. The van der Waals surface area contributed by atoms with Crippen molar-refractivity contribution in [3.63, 3.8) is 0 Å². The molecule has 0 aromatic heterocycles. The summed E-state index contributed by atoms with van der Waals surface area (Å²) in [6.45, 7) is 6.99. The molecule has 5 heteroatoms. The quantitative estimate of drug-likeness (QED) is 0.744. The summed E-state index contributed by atoms with van der Waals surface area (Å²) in [5, 5.41) is 11.8. The zero-order valence-corrected chi connectivity index (χ0v) is 10.8. The molecule has 0 aliphatic carbocycles. The summed E-state index contributed by atoms with van der Waals surface area (Å²) in [5.74, 6) is -1.10. The SMILES string of the molecule is CCC(C)NC(=O)C(C)N1CCC(C(=O)O)C1. The number of hydrogen-bond donors (Lipinski definition) is 2. The fourth-order valence-corrected chi connectivity index (χ4v) is 1.97. The first-order valence-electron chi connectivity index (χ1n) is 6.23. The molecule has 17 heavy (non-hydrogen) atoms. The Balaban J connectivity index is 2.45. The molecule has 1 heterocycles. The van der Waals surface area contributed by atoms with Crippen LogP contribution in [0, 0.1) is 5.92 Å². The van der Waals surface area contributed by atoms with Crippen LogP contribution in [-0.4, -0.2) is 47.1 Å². The van der Waals surface area contributed by atoms with E-state index in [0.29, 0.717) is 19.5 Å². The Bertz CT molecular complexity index is 293. The molecule has 0 radical (unpaired) electrons. The fraction of sp³-hybridized carbons (Fsp3) is 0.833. The molecule has 1 amide bonds. The van der Waals surface area contributed by atoms with Gasteiger partial charge in [-0.25, -0.2) is 0 Å². The normalized spacial score (nSPS) is 24.3. The van der Waals surface area contributed by atoms with Crippen LogP contribution in [0.15, 0.2) is 0 Å². The van der Waals surface area contributed by atoms with Gasteiger partial charge in [-0.3, -0.25) is 14.5 Å². The monoisotopic (exact) mass is 242 g/mol. The first-order chi connectivity index (χ1) is 7.95. The minimum atomic E-state index is -0.762. The number of carbonyl (C=O) groups is 2. The summed E-state index contributed by atoms with van der Waals surface area (Å²) in [6.07, 6.45) is 1.53. The third-order valence-electron chi connectivity index (χ3n) is 3.50. The van der Waals surface area contributed by atoms with E-state index in [1.54, 1.807) is 0 Å². The molecular weight excluding hydrogens is 220 g/mol. The third-order valence-corrected chi connectivity index (χ3v) is 3.50. The number of hydrogen-bond acceptors (Lipinski definition) is 3. The highest BCUT2D eigenvalue weighted by Crippen LogP contribution is 2.18. The van der Waals surface area contributed by atoms with Crippen molar-refractivity contribution in [2.45, 2.75) is 45.7 Å². The lowest BCUT2D eigenvalue weighted by Crippen LogP contribution is -2.46. The van der Waals surface area contributed by atoms with E-state index in [0.717, 1.165) is 6.42 Å². The summed E-state index contributed by atoms with van der Waals surface area (Å²) in [5.41, 5.74) is 0. The Morgan fingerprint density at radius 3 is 2.59 bits per heavy atom. The van der Waals surface area contributed by atoms with Gasteiger partial charge in [-0.15, -0.1) is 0 Å². The Morgan fingerprint density at radius 1 is 1.47 bits per heavy atom. The molecule has 2 N–H and O–H groups in total. The summed E-state index contributed by atoms with van der Waals surface area (Å²) in [7, 11) is 0. The molecule has 98 valence electrons. The van der Waals surface area contributed by atoms with Gasteiger partial charge in [0.25, 0.3) is 0 Å². The van der Waals surface area contributed by atoms with Gasteiger partial charge in [0.1, 0.15) is 0 Å². The van der Waals surface area contributed by atoms with E-state index in [2.05, 4.69) is 5.32 Å². The van der Waals surface area contributed by atoms with E-state index in [4.69, 9.17) is 5.11 Å². The Hall–Kier alpha value is -1.10. The van der Waals surface area contributed by atoms with Crippen molar-refractivity contribution < 1.29 is 14.7 Å². The predicted molar refractivity (Wildman–Crippen MR) is 64.7 cm³/mol. The second kappa shape index (κ2) is 6.00. The molecule has 5 nitrogen and oxygen atoms in total. The molecule has 0 aromatic rings. The van der Waals surface area contributed by atoms with Crippen molar-refractivity contribution in [3.8, 4) is 0 Å². The standard InChI is InChI=1S/C12H22N2O3/c1-4-8(2)13-11(15)9(3)14-6-5-10(7-14)12(16)17/h8-10H,4-7H2,1-3H3,(H,13,15)(H,16,17). The van der Waals surface area contributed by atoms with Crippen LogP contribution >= 0.6 is 0 Å². The van der Waals surface area contributed by atoms with Crippen LogP contribution in [-0.2, 0) is 9.59 Å². The zero-order chi connectivity index (χ0) is 13.0. The van der Waals surface area contributed by atoms with Crippen molar-refractivity contribution in [3.05, 3.63) is 0 Å². The van der Waals surface area contributed by atoms with E-state index in [1.807, 2.05) is 25.7 Å². The number of carboxylic acids is 1. The van der Waals surface area contributed by atoms with Crippen LogP contribution in [0.25, 0.3) is 0 Å². The van der Waals surface area contributed by atoms with E-state index in [9.17, 15) is 9.59 Å². The first-order valence-corrected chi connectivity index (χ1v) is 6.23. The topological polar surface area (TPSA) is 69.6 Å². The molecule has 1 aliphatic rings. The summed E-state index contributed by atoms with van der Waals surface area (Å²) in [6, 6.07) is -0.0730. The van der Waals surface area contributed by atoms with Crippen LogP contribution in [0.5, 0.6) is 0 Å². The van der Waals surface area contributed by atoms with Crippen molar-refractivity contribution in [2.24, 2.45) is 5.92 Å². The lowest BCUT2D eigenvalue weighted by Gasteiger charge is -2.24. The number of amides is 1. The number of carboxylic acid groups (broad SMARTS) is 1. The lowest BCUT2D eigenvalue weighted by molar-refractivity contribution is -0.141. The van der Waals surface area contributed by atoms with Crippen LogP contribution < -0.4 is 5.32 Å². The summed E-state index contributed by atoms with van der Waals surface area (Å²) in [4.78, 5) is 24.7. The number of likely N-dealkylation sites (tertiary alicyclic amines) is 1. The third kappa shape index (κ3) is 3.70. The van der Waals surface area contributed by atoms with Gasteiger partial charge in [-0.2, -0.15) is 0 Å². The van der Waals surface area contributed by atoms with Gasteiger partial charge in [0.05, 0.1) is 12.0 Å². The first kappa shape index (κ1) is 14.0. The molecule has 1 fully saturated rings. The number of nitrogens with one attached hydrogen (secondary N) is 1. The van der Waals surface area contributed by atoms with Gasteiger partial charge in [0.2, 0.25) is 5.91 Å². The van der Waals surface area contributed by atoms with Gasteiger partial charge in [-0.1, -0.05) is 6.92 Å². The molecule has 0 bridgehead atoms. The average molecular weight is 242 g/mol. The molecule has 0 saturated carbocycles. The second-order valence-corrected chi connectivity index (χ2v) is 4.81. The molecule has 1 rings (SSSR count). The van der Waals surface area contributed by atoms with Crippen molar-refractivity contribution in [1.29, 1.82) is 0 Å². The molecule has 0 spiro atoms. The maximum absolute atomic E-state index is 11.9. The molecule has 1 saturated heterocycles. The van der Waals surface area contributed by atoms with Gasteiger partial charge in [-0.05, 0) is 33.2 Å². The minimum Gasteiger partial charge on any atom is -0.481 e. The van der Waals surface area contributed by atoms with E-state index in [1.165, 1.54) is 0 Å². The van der Waals surface area contributed by atoms with Crippen molar-refractivity contribution in [2.75, 3.05) is 13.1 Å². The van der Waals surface area contributed by atoms with Gasteiger partial charge in [0, 0.05) is 12.6 Å². The predicted octanol–water partition coefficient (Wildman–Crippen LogP) is 0.696. The Labute approximate surface area is 102 Å². The molecule has 0 aromatic carbocycles. The highest BCUT2D eigenvalue weighted by atomic mass is 16.4. The highest BCUT2D eigenvalue weighted by Gasteiger charge is 2.33. The Kier molecular flexibility index (Phi) is 4.93. The van der Waals surface area contributed by atoms with E-state index >= 15 is 0 Å². The molecular formula is C12H22N2O3. The minimum absolute atomic E-state index is 0.00890. The second-order valence-electron chi connectivity index (χ2n) is 4.81. The van der Waals surface area contributed by atoms with Crippen LogP contribution in [0.3, 0.4) is 0 Å². The van der Waals surface area contributed by atoms with Crippen LogP contribution in [0.2, 0.25) is 0 Å². The summed E-state index contributed by atoms with van der Waals surface area (Å²) >= 11 is 0. The number of carbonyl (C=O) groups excluding carboxylic acids is 1. The van der Waals surface area contributed by atoms with Crippen LogP contribution in [0.1, 0.15) is 33.6 Å². The molecule has 3 atom stereocenters. The van der Waals surface area contributed by atoms with Crippen LogP contribution in [0.4, 0.5) is 0 Å². The average Bonchev–Trinajstić information content (AvgIpc) is 2.77. The van der Waals surface area contributed by atoms with Crippen molar-refractivity contribution in [1.82, 2.24) is 10.2 Å². The smallest absolute Gasteiger partial charge is 0.307 e. The molecule has 1 aliphatic heterocycles. The van der Waals surface area contributed by atoms with E-state index < -0.39 is 5.97 Å².